The van der Waals surface area contributed by atoms with E-state index in [0.717, 1.165) is 12.2 Å². The van der Waals surface area contributed by atoms with Gasteiger partial charge in [0, 0.05) is 12.1 Å². The zero-order valence-corrected chi connectivity index (χ0v) is 21.2. The predicted octanol–water partition coefficient (Wildman–Crippen LogP) is 8.05. The third-order valence-corrected chi connectivity index (χ3v) is 7.72. The van der Waals surface area contributed by atoms with E-state index >= 15 is 0 Å². The molecule has 0 bridgehead atoms. The number of non-ortho nitro benzene ring substituents is 1. The van der Waals surface area contributed by atoms with Crippen LogP contribution in [-0.2, 0) is 0 Å². The third kappa shape index (κ3) is 7.84. The summed E-state index contributed by atoms with van der Waals surface area (Å²) in [7, 11) is 0. The van der Waals surface area contributed by atoms with Gasteiger partial charge in [-0.15, -0.1) is 11.8 Å². The molecule has 0 radical (unpaired) electrons. The minimum absolute atomic E-state index is 0.0167. The van der Waals surface area contributed by atoms with E-state index in [1.54, 1.807) is 23.9 Å². The van der Waals surface area contributed by atoms with E-state index in [2.05, 4.69) is 16.9 Å². The molecule has 1 heterocycles. The van der Waals surface area contributed by atoms with E-state index in [0.29, 0.717) is 26.0 Å². The van der Waals surface area contributed by atoms with Gasteiger partial charge in [-0.05, 0) is 42.1 Å². The summed E-state index contributed by atoms with van der Waals surface area (Å²) in [5.41, 5.74) is 1.13. The number of H-pyrrole nitrogens is 1. The molecule has 2 aromatic carbocycles. The van der Waals surface area contributed by atoms with Crippen LogP contribution in [0.4, 0.5) is 5.69 Å². The number of hydrogen-bond acceptors (Lipinski definition) is 7. The second-order valence-electron chi connectivity index (χ2n) is 8.42. The van der Waals surface area contributed by atoms with E-state index in [1.165, 1.54) is 87.7 Å². The molecule has 0 aliphatic carbocycles. The molecule has 0 fully saturated rings. The molecule has 3 N–H and O–H groups in total. The fourth-order valence-electron chi connectivity index (χ4n) is 3.75. The number of phenolic OH excluding ortho intramolecular Hbond substituents is 2. The number of fused-ring (bicyclic) bond motifs is 1. The Morgan fingerprint density at radius 3 is 2.21 bits per heavy atom. The average molecular weight is 504 g/mol. The first-order chi connectivity index (χ1) is 16.5. The van der Waals surface area contributed by atoms with Crippen LogP contribution >= 0.6 is 23.5 Å². The number of aromatic hydroxyl groups is 2. The van der Waals surface area contributed by atoms with Crippen LogP contribution in [0.25, 0.3) is 11.0 Å². The van der Waals surface area contributed by atoms with Crippen molar-refractivity contribution >= 4 is 40.2 Å². The smallest absolute Gasteiger partial charge is 0.271 e. The number of hydrogen-bond donors (Lipinski definition) is 3. The molecule has 0 atom stereocenters. The van der Waals surface area contributed by atoms with Crippen molar-refractivity contribution < 1.29 is 15.1 Å². The van der Waals surface area contributed by atoms with E-state index in [1.807, 2.05) is 0 Å². The summed E-state index contributed by atoms with van der Waals surface area (Å²) in [6.07, 6.45) is 12.9. The molecule has 0 amide bonds. The van der Waals surface area contributed by atoms with Crippen LogP contribution in [0.15, 0.2) is 45.3 Å². The molecule has 0 saturated heterocycles. The topological polar surface area (TPSA) is 112 Å². The zero-order chi connectivity index (χ0) is 24.3. The molecular weight excluding hydrogens is 470 g/mol. The lowest BCUT2D eigenvalue weighted by atomic mass is 10.1. The van der Waals surface area contributed by atoms with Gasteiger partial charge in [-0.1, -0.05) is 64.7 Å². The van der Waals surface area contributed by atoms with Crippen molar-refractivity contribution in [2.24, 2.45) is 0 Å². The highest BCUT2D eigenvalue weighted by Crippen LogP contribution is 2.41. The molecule has 0 aliphatic rings. The summed E-state index contributed by atoms with van der Waals surface area (Å²) in [4.78, 5) is 19.1. The molecule has 3 rings (SSSR count). The number of rotatable bonds is 15. The van der Waals surface area contributed by atoms with Gasteiger partial charge in [0.15, 0.2) is 5.16 Å². The van der Waals surface area contributed by atoms with Crippen LogP contribution in [0.1, 0.15) is 71.1 Å². The summed E-state index contributed by atoms with van der Waals surface area (Å²) in [5.74, 6) is 1.10. The Bertz CT molecular complexity index is 1090. The highest BCUT2D eigenvalue weighted by molar-refractivity contribution is 7.99. The van der Waals surface area contributed by atoms with Crippen LogP contribution in [0.3, 0.4) is 0 Å². The fourth-order valence-corrected chi connectivity index (χ4v) is 5.57. The standard InChI is InChI=1S/C25H33N3O4S2/c1-2-3-4-5-6-7-8-9-10-11-14-33-23-16-22(30)24(17-21(23)29)34-25-26-19-13-12-18(28(31)32)15-20(19)27-25/h12-13,15-17,29-30H,2-11,14H2,1H3,(H,26,27). The molecule has 7 nitrogen and oxygen atoms in total. The Labute approximate surface area is 208 Å². The number of imidazole rings is 1. The quantitative estimate of drug-likeness (QED) is 0.0632. The molecule has 1 aromatic heterocycles. The van der Waals surface area contributed by atoms with Gasteiger partial charge >= 0.3 is 0 Å². The molecule has 0 unspecified atom stereocenters. The molecule has 0 saturated carbocycles. The summed E-state index contributed by atoms with van der Waals surface area (Å²) >= 11 is 2.72. The summed E-state index contributed by atoms with van der Waals surface area (Å²) in [6.45, 7) is 2.24. The van der Waals surface area contributed by atoms with Crippen molar-refractivity contribution in [1.29, 1.82) is 0 Å². The van der Waals surface area contributed by atoms with Gasteiger partial charge in [0.05, 0.1) is 25.7 Å². The Morgan fingerprint density at radius 1 is 0.912 bits per heavy atom. The van der Waals surface area contributed by atoms with Crippen LogP contribution in [0, 0.1) is 10.1 Å². The minimum Gasteiger partial charge on any atom is -0.507 e. The van der Waals surface area contributed by atoms with Crippen LogP contribution in [0.2, 0.25) is 0 Å². The maximum absolute atomic E-state index is 11.0. The van der Waals surface area contributed by atoms with E-state index < -0.39 is 4.92 Å². The van der Waals surface area contributed by atoms with Gasteiger partial charge in [-0.3, -0.25) is 10.1 Å². The van der Waals surface area contributed by atoms with Crippen molar-refractivity contribution in [3.63, 3.8) is 0 Å². The van der Waals surface area contributed by atoms with E-state index in [9.17, 15) is 20.3 Å². The number of aromatic amines is 1. The SMILES string of the molecule is CCCCCCCCCCCCSc1cc(O)c(Sc2nc3ccc([N+](=O)[O-])cc3[nH]2)cc1O. The lowest BCUT2D eigenvalue weighted by Crippen LogP contribution is -1.86. The normalized spacial score (nSPS) is 11.3. The second-order valence-corrected chi connectivity index (χ2v) is 10.6. The number of unbranched alkanes of at least 4 members (excludes halogenated alkanes) is 9. The highest BCUT2D eigenvalue weighted by atomic mass is 32.2. The van der Waals surface area contributed by atoms with Gasteiger partial charge < -0.3 is 15.2 Å². The van der Waals surface area contributed by atoms with Crippen molar-refractivity contribution in [2.75, 3.05) is 5.75 Å². The molecule has 184 valence electrons. The van der Waals surface area contributed by atoms with Gasteiger partial charge in [-0.25, -0.2) is 4.98 Å². The maximum Gasteiger partial charge on any atom is 0.271 e. The Hall–Kier alpha value is -2.39. The number of benzene rings is 2. The Balaban J connectivity index is 1.45. The second kappa shape index (κ2) is 13.5. The van der Waals surface area contributed by atoms with Crippen LogP contribution in [0.5, 0.6) is 11.5 Å². The Morgan fingerprint density at radius 2 is 1.53 bits per heavy atom. The summed E-state index contributed by atoms with van der Waals surface area (Å²) in [5, 5.41) is 32.3. The van der Waals surface area contributed by atoms with Crippen molar-refractivity contribution in [3.05, 3.63) is 40.4 Å². The van der Waals surface area contributed by atoms with E-state index in [4.69, 9.17) is 0 Å². The average Bonchev–Trinajstić information content (AvgIpc) is 3.22. The predicted molar refractivity (Wildman–Crippen MR) is 139 cm³/mol. The fraction of sp³-hybridized carbons (Fsp3) is 0.480. The largest absolute Gasteiger partial charge is 0.507 e. The zero-order valence-electron chi connectivity index (χ0n) is 19.6. The number of nitrogens with zero attached hydrogens (tertiary/aromatic N) is 2. The van der Waals surface area contributed by atoms with Crippen LogP contribution < -0.4 is 0 Å². The minimum atomic E-state index is -0.455. The number of nitrogens with one attached hydrogen (secondary N) is 1. The number of nitro benzene ring substituents is 1. The first-order valence-electron chi connectivity index (χ1n) is 12.0. The van der Waals surface area contributed by atoms with Crippen molar-refractivity contribution in [3.8, 4) is 11.5 Å². The first kappa shape index (κ1) is 26.2. The van der Waals surface area contributed by atoms with Gasteiger partial charge in [0.1, 0.15) is 11.5 Å². The van der Waals surface area contributed by atoms with Crippen molar-refractivity contribution in [1.82, 2.24) is 9.97 Å². The molecule has 34 heavy (non-hydrogen) atoms. The molecule has 9 heteroatoms. The maximum atomic E-state index is 11.0. The first-order valence-corrected chi connectivity index (χ1v) is 13.8. The third-order valence-electron chi connectivity index (χ3n) is 5.66. The number of thioether (sulfide) groups is 1. The van der Waals surface area contributed by atoms with Gasteiger partial charge in [0.25, 0.3) is 5.69 Å². The van der Waals surface area contributed by atoms with Crippen LogP contribution in [-0.4, -0.2) is 30.9 Å². The molecule has 0 aliphatic heterocycles. The van der Waals surface area contributed by atoms with Gasteiger partial charge in [-0.2, -0.15) is 0 Å². The number of nitro groups is 1. The molecule has 0 spiro atoms. The van der Waals surface area contributed by atoms with E-state index in [-0.39, 0.29) is 17.2 Å². The van der Waals surface area contributed by atoms with Crippen molar-refractivity contribution in [2.45, 2.75) is 86.1 Å². The number of aromatic nitrogens is 2. The Kier molecular flexibility index (Phi) is 10.4. The lowest BCUT2D eigenvalue weighted by Gasteiger charge is -2.09. The number of phenols is 2. The lowest BCUT2D eigenvalue weighted by molar-refractivity contribution is -0.384. The molecular formula is C25H33N3O4S2. The van der Waals surface area contributed by atoms with Gasteiger partial charge in [0.2, 0.25) is 0 Å². The molecule has 3 aromatic rings. The summed E-state index contributed by atoms with van der Waals surface area (Å²) < 4.78 is 0. The monoisotopic (exact) mass is 503 g/mol. The summed E-state index contributed by atoms with van der Waals surface area (Å²) in [6, 6.07) is 7.54. The highest BCUT2D eigenvalue weighted by Gasteiger charge is 2.14.